The number of amides is 1. The fourth-order valence-corrected chi connectivity index (χ4v) is 4.27. The normalized spacial score (nSPS) is 22.3. The van der Waals surface area contributed by atoms with Gasteiger partial charge in [0.05, 0.1) is 0 Å². The molecule has 0 aliphatic heterocycles. The second kappa shape index (κ2) is 6.81. The molecule has 1 aromatic rings. The molecule has 1 heterocycles. The molecule has 128 valence electrons. The van der Waals surface area contributed by atoms with E-state index in [1.165, 1.54) is 42.5 Å². The van der Waals surface area contributed by atoms with Gasteiger partial charge in [0.1, 0.15) is 5.60 Å². The van der Waals surface area contributed by atoms with Gasteiger partial charge in [-0.2, -0.15) is 0 Å². The molecule has 5 heteroatoms. The second-order valence-electron chi connectivity index (χ2n) is 7.74. The van der Waals surface area contributed by atoms with Crippen molar-refractivity contribution in [1.29, 1.82) is 0 Å². The van der Waals surface area contributed by atoms with E-state index in [4.69, 9.17) is 4.74 Å². The summed E-state index contributed by atoms with van der Waals surface area (Å²) in [7, 11) is 0. The lowest BCUT2D eigenvalue weighted by Crippen LogP contribution is -2.45. The summed E-state index contributed by atoms with van der Waals surface area (Å²) in [5, 5.41) is 8.97. The zero-order valence-electron chi connectivity index (χ0n) is 14.4. The first-order valence-electron chi connectivity index (χ1n) is 8.71. The van der Waals surface area contributed by atoms with Crippen molar-refractivity contribution in [3.63, 3.8) is 0 Å². The van der Waals surface area contributed by atoms with E-state index in [1.54, 1.807) is 0 Å². The third-order valence-corrected chi connectivity index (χ3v) is 5.52. The van der Waals surface area contributed by atoms with Crippen molar-refractivity contribution in [2.75, 3.05) is 6.54 Å². The maximum atomic E-state index is 11.9. The Labute approximate surface area is 143 Å². The van der Waals surface area contributed by atoms with Crippen molar-refractivity contribution < 1.29 is 9.53 Å². The quantitative estimate of drug-likeness (QED) is 0.854. The zero-order valence-corrected chi connectivity index (χ0v) is 15.2. The van der Waals surface area contributed by atoms with Crippen molar-refractivity contribution >= 4 is 17.4 Å². The number of hydrogen-bond donors (Lipinski definition) is 2. The van der Waals surface area contributed by atoms with Crippen LogP contribution in [-0.4, -0.2) is 24.3 Å². The topological polar surface area (TPSA) is 50.4 Å². The predicted molar refractivity (Wildman–Crippen MR) is 93.9 cm³/mol. The van der Waals surface area contributed by atoms with Gasteiger partial charge in [0.15, 0.2) is 0 Å². The van der Waals surface area contributed by atoms with Gasteiger partial charge in [0, 0.05) is 23.5 Å². The number of fused-ring (bicyclic) bond motifs is 1. The number of aryl methyl sites for hydroxylation is 1. The van der Waals surface area contributed by atoms with E-state index in [0.29, 0.717) is 24.5 Å². The number of rotatable bonds is 5. The summed E-state index contributed by atoms with van der Waals surface area (Å²) in [4.78, 5) is 13.4. The molecule has 2 atom stereocenters. The summed E-state index contributed by atoms with van der Waals surface area (Å²) in [5.74, 6) is 0.689. The summed E-state index contributed by atoms with van der Waals surface area (Å²) in [5.41, 5.74) is 1.03. The molecule has 4 nitrogen and oxygen atoms in total. The highest BCUT2D eigenvalue weighted by Crippen LogP contribution is 2.37. The Kier molecular flexibility index (Phi) is 4.97. The Balaban J connectivity index is 1.55. The van der Waals surface area contributed by atoms with Crippen molar-refractivity contribution in [3.8, 4) is 0 Å². The van der Waals surface area contributed by atoms with Crippen molar-refractivity contribution in [2.24, 2.45) is 5.92 Å². The summed E-state index contributed by atoms with van der Waals surface area (Å²) in [6.45, 7) is 6.32. The lowest BCUT2D eigenvalue weighted by Gasteiger charge is -2.29. The number of ether oxygens (including phenoxy) is 1. The monoisotopic (exact) mass is 336 g/mol. The Morgan fingerprint density at radius 2 is 2.17 bits per heavy atom. The first kappa shape index (κ1) is 16.8. The highest BCUT2D eigenvalue weighted by atomic mass is 32.1. The SMILES string of the molecule is CC(C)(C)OC(=O)NCC(NC1CCCc2sccc21)C1CC1. The molecule has 2 unspecified atom stereocenters. The van der Waals surface area contributed by atoms with E-state index >= 15 is 0 Å². The Morgan fingerprint density at radius 3 is 2.87 bits per heavy atom. The standard InChI is InChI=1S/C18H28N2O2S/c1-18(2,3)22-17(21)19-11-15(12-7-8-12)20-14-5-4-6-16-13(14)9-10-23-16/h9-10,12,14-15,20H,4-8,11H2,1-3H3,(H,19,21). The van der Waals surface area contributed by atoms with Gasteiger partial charge < -0.3 is 15.4 Å². The van der Waals surface area contributed by atoms with E-state index in [1.807, 2.05) is 32.1 Å². The Hall–Kier alpha value is -1.07. The number of carbonyl (C=O) groups is 1. The van der Waals surface area contributed by atoms with Crippen LogP contribution >= 0.6 is 11.3 Å². The molecular formula is C18H28N2O2S. The van der Waals surface area contributed by atoms with Crippen molar-refractivity contribution in [2.45, 2.75) is 70.6 Å². The van der Waals surface area contributed by atoms with Gasteiger partial charge in [-0.1, -0.05) is 0 Å². The van der Waals surface area contributed by atoms with Crippen LogP contribution in [0.5, 0.6) is 0 Å². The third kappa shape index (κ3) is 4.70. The van der Waals surface area contributed by atoms with E-state index in [2.05, 4.69) is 22.1 Å². The van der Waals surface area contributed by atoms with Crippen LogP contribution in [0.3, 0.4) is 0 Å². The van der Waals surface area contributed by atoms with E-state index in [0.717, 1.165) is 0 Å². The van der Waals surface area contributed by atoms with E-state index in [9.17, 15) is 4.79 Å². The Morgan fingerprint density at radius 1 is 1.39 bits per heavy atom. The first-order valence-corrected chi connectivity index (χ1v) is 9.59. The first-order chi connectivity index (χ1) is 10.9. The number of alkyl carbamates (subject to hydrolysis) is 1. The van der Waals surface area contributed by atoms with Crippen LogP contribution in [0.25, 0.3) is 0 Å². The highest BCUT2D eigenvalue weighted by Gasteiger charge is 2.34. The minimum absolute atomic E-state index is 0.315. The van der Waals surface area contributed by atoms with E-state index in [-0.39, 0.29) is 6.09 Å². The third-order valence-electron chi connectivity index (χ3n) is 4.52. The molecule has 2 N–H and O–H groups in total. The van der Waals surface area contributed by atoms with Gasteiger partial charge >= 0.3 is 6.09 Å². The Bertz CT molecular complexity index is 545. The molecular weight excluding hydrogens is 308 g/mol. The van der Waals surface area contributed by atoms with Gasteiger partial charge in [-0.15, -0.1) is 11.3 Å². The van der Waals surface area contributed by atoms with Crippen LogP contribution in [0.1, 0.15) is 62.9 Å². The average Bonchev–Trinajstić information content (AvgIpc) is 3.18. The number of thiophene rings is 1. The van der Waals surface area contributed by atoms with Gasteiger partial charge in [-0.05, 0) is 75.8 Å². The van der Waals surface area contributed by atoms with Crippen molar-refractivity contribution in [1.82, 2.24) is 10.6 Å². The minimum Gasteiger partial charge on any atom is -0.444 e. The number of nitrogens with one attached hydrogen (secondary N) is 2. The molecule has 3 rings (SSSR count). The fraction of sp³-hybridized carbons (Fsp3) is 0.722. The molecule has 0 aromatic carbocycles. The summed E-state index contributed by atoms with van der Waals surface area (Å²) in [6.07, 6.45) is 5.87. The zero-order chi connectivity index (χ0) is 16.4. The number of hydrogen-bond acceptors (Lipinski definition) is 4. The van der Waals surface area contributed by atoms with E-state index < -0.39 is 5.60 Å². The van der Waals surface area contributed by atoms with Crippen molar-refractivity contribution in [3.05, 3.63) is 21.9 Å². The van der Waals surface area contributed by atoms with Crippen LogP contribution in [0.15, 0.2) is 11.4 Å². The molecule has 1 amide bonds. The molecule has 0 spiro atoms. The number of carbonyl (C=O) groups excluding carboxylic acids is 1. The lowest BCUT2D eigenvalue weighted by molar-refractivity contribution is 0.0520. The van der Waals surface area contributed by atoms with Gasteiger partial charge in [0.25, 0.3) is 0 Å². The van der Waals surface area contributed by atoms with Crippen LogP contribution in [0.4, 0.5) is 4.79 Å². The molecule has 0 bridgehead atoms. The lowest BCUT2D eigenvalue weighted by atomic mass is 9.93. The average molecular weight is 337 g/mol. The second-order valence-corrected chi connectivity index (χ2v) is 8.74. The van der Waals surface area contributed by atoms with Crippen LogP contribution in [-0.2, 0) is 11.2 Å². The summed E-state index contributed by atoms with van der Waals surface area (Å²) < 4.78 is 5.35. The molecule has 2 aliphatic carbocycles. The smallest absolute Gasteiger partial charge is 0.407 e. The molecule has 2 aliphatic rings. The van der Waals surface area contributed by atoms with Gasteiger partial charge in [0.2, 0.25) is 0 Å². The molecule has 0 radical (unpaired) electrons. The maximum absolute atomic E-state index is 11.9. The molecule has 1 fully saturated rings. The summed E-state index contributed by atoms with van der Waals surface area (Å²) >= 11 is 1.88. The molecule has 23 heavy (non-hydrogen) atoms. The van der Waals surface area contributed by atoms with Gasteiger partial charge in [-0.25, -0.2) is 4.79 Å². The molecule has 0 saturated heterocycles. The van der Waals surface area contributed by atoms with Gasteiger partial charge in [-0.3, -0.25) is 0 Å². The van der Waals surface area contributed by atoms with Crippen LogP contribution < -0.4 is 10.6 Å². The minimum atomic E-state index is -0.443. The molecule has 1 aromatic heterocycles. The fourth-order valence-electron chi connectivity index (χ4n) is 3.29. The molecule has 1 saturated carbocycles. The highest BCUT2D eigenvalue weighted by molar-refractivity contribution is 7.10. The largest absolute Gasteiger partial charge is 0.444 e. The van der Waals surface area contributed by atoms with Crippen LogP contribution in [0.2, 0.25) is 0 Å². The maximum Gasteiger partial charge on any atom is 0.407 e. The van der Waals surface area contributed by atoms with Crippen LogP contribution in [0, 0.1) is 5.92 Å². The summed E-state index contributed by atoms with van der Waals surface area (Å²) in [6, 6.07) is 3.05. The predicted octanol–water partition coefficient (Wildman–Crippen LogP) is 4.02.